The molecule has 0 unspecified atom stereocenters. The second-order valence-corrected chi connectivity index (χ2v) is 15.3. The standard InChI is InChI=1S/C19H30N2O4SSi/c1-11-10-21(16(26)20-14(11)22)13-9-18(23)7-12-8-19(12,15(18)24-13)25-27(5,6)17(2,3)4/h10,12-13,15,23H,7-9H2,1-6H3,(H,20,22,26)/t12-,13-,15+,18+,19-/m1/s1. The van der Waals surface area contributed by atoms with Crippen LogP contribution >= 0.6 is 12.2 Å². The first kappa shape index (κ1) is 19.5. The maximum Gasteiger partial charge on any atom is 0.254 e. The Morgan fingerprint density at radius 3 is 2.67 bits per heavy atom. The van der Waals surface area contributed by atoms with Crippen molar-refractivity contribution in [1.82, 2.24) is 9.55 Å². The van der Waals surface area contributed by atoms with E-state index in [1.165, 1.54) is 0 Å². The van der Waals surface area contributed by atoms with E-state index in [4.69, 9.17) is 21.4 Å². The Hall–Kier alpha value is -0.803. The lowest BCUT2D eigenvalue weighted by atomic mass is 9.92. The van der Waals surface area contributed by atoms with E-state index in [9.17, 15) is 9.90 Å². The van der Waals surface area contributed by atoms with Gasteiger partial charge in [0.25, 0.3) is 5.56 Å². The Morgan fingerprint density at radius 1 is 1.37 bits per heavy atom. The predicted octanol–water partition coefficient (Wildman–Crippen LogP) is 3.42. The highest BCUT2D eigenvalue weighted by molar-refractivity contribution is 7.71. The third-order valence-electron chi connectivity index (χ3n) is 7.16. The number of ether oxygens (including phenoxy) is 1. The Morgan fingerprint density at radius 2 is 2.04 bits per heavy atom. The first-order valence-corrected chi connectivity index (χ1v) is 13.0. The number of nitrogens with one attached hydrogen (secondary N) is 1. The topological polar surface area (TPSA) is 76.5 Å². The highest BCUT2D eigenvalue weighted by Gasteiger charge is 2.77. The molecule has 4 rings (SSSR count). The van der Waals surface area contributed by atoms with Gasteiger partial charge in [-0.25, -0.2) is 0 Å². The summed E-state index contributed by atoms with van der Waals surface area (Å²) in [6.07, 6.45) is 3.12. The van der Waals surface area contributed by atoms with Gasteiger partial charge in [0.15, 0.2) is 13.1 Å². The number of aromatic nitrogens is 2. The van der Waals surface area contributed by atoms with Gasteiger partial charge >= 0.3 is 0 Å². The molecule has 3 aliphatic rings. The van der Waals surface area contributed by atoms with E-state index < -0.39 is 13.9 Å². The molecule has 1 aliphatic heterocycles. The van der Waals surface area contributed by atoms with E-state index in [0.29, 0.717) is 29.1 Å². The molecule has 1 aromatic rings. The maximum atomic E-state index is 11.8. The van der Waals surface area contributed by atoms with E-state index in [1.54, 1.807) is 17.7 Å². The van der Waals surface area contributed by atoms with Crippen molar-refractivity contribution in [2.75, 3.05) is 0 Å². The van der Waals surface area contributed by atoms with E-state index >= 15 is 0 Å². The van der Waals surface area contributed by atoms with Crippen LogP contribution in [0.3, 0.4) is 0 Å². The summed E-state index contributed by atoms with van der Waals surface area (Å²) in [6, 6.07) is 0. The average Bonchev–Trinajstić information content (AvgIpc) is 2.93. The molecule has 2 aliphatic carbocycles. The normalized spacial score (nSPS) is 38.0. The first-order valence-electron chi connectivity index (χ1n) is 9.69. The number of aryl methyl sites for hydroxylation is 1. The van der Waals surface area contributed by atoms with Crippen molar-refractivity contribution < 1.29 is 14.3 Å². The van der Waals surface area contributed by atoms with Gasteiger partial charge in [0, 0.05) is 18.2 Å². The first-order chi connectivity index (χ1) is 12.3. The zero-order valence-electron chi connectivity index (χ0n) is 17.0. The molecule has 3 fully saturated rings. The lowest BCUT2D eigenvalue weighted by molar-refractivity contribution is -0.103. The molecule has 0 spiro atoms. The van der Waals surface area contributed by atoms with E-state index in [0.717, 1.165) is 6.42 Å². The number of H-pyrrole nitrogens is 1. The molecule has 27 heavy (non-hydrogen) atoms. The zero-order chi connectivity index (χ0) is 20.0. The van der Waals surface area contributed by atoms with E-state index in [2.05, 4.69) is 38.8 Å². The van der Waals surface area contributed by atoms with Crippen molar-refractivity contribution in [2.24, 2.45) is 5.92 Å². The quantitative estimate of drug-likeness (QED) is 0.590. The number of aliphatic hydroxyl groups is 1. The highest BCUT2D eigenvalue weighted by Crippen LogP contribution is 2.68. The molecular formula is C19H30N2O4SSi. The number of aromatic amines is 1. The largest absolute Gasteiger partial charge is 0.408 e. The molecule has 2 heterocycles. The maximum absolute atomic E-state index is 11.8. The summed E-state index contributed by atoms with van der Waals surface area (Å²) >= 11 is 5.33. The second kappa shape index (κ2) is 5.63. The van der Waals surface area contributed by atoms with Crippen molar-refractivity contribution in [3.8, 4) is 0 Å². The smallest absolute Gasteiger partial charge is 0.254 e. The molecular weight excluding hydrogens is 380 g/mol. The van der Waals surface area contributed by atoms with Crippen LogP contribution in [0.25, 0.3) is 0 Å². The van der Waals surface area contributed by atoms with Crippen molar-refractivity contribution in [3.63, 3.8) is 0 Å². The SMILES string of the molecule is Cc1cn([C@H]2C[C@@]3(O)C[C@@H]4C[C@]4(O[Si](C)(C)C(C)(C)C)[C@H]3O2)c(=S)[nH]c1=O. The van der Waals surface area contributed by atoms with Gasteiger partial charge in [0.1, 0.15) is 12.3 Å². The molecule has 2 N–H and O–H groups in total. The summed E-state index contributed by atoms with van der Waals surface area (Å²) in [5.41, 5.74) is -0.873. The molecule has 1 saturated heterocycles. The summed E-state index contributed by atoms with van der Waals surface area (Å²) in [5.74, 6) is 0.368. The van der Waals surface area contributed by atoms with Crippen LogP contribution in [0.4, 0.5) is 0 Å². The van der Waals surface area contributed by atoms with Crippen LogP contribution in [0.5, 0.6) is 0 Å². The summed E-state index contributed by atoms with van der Waals surface area (Å²) in [7, 11) is -1.99. The monoisotopic (exact) mass is 410 g/mol. The van der Waals surface area contributed by atoms with Crippen molar-refractivity contribution in [1.29, 1.82) is 0 Å². The van der Waals surface area contributed by atoms with Gasteiger partial charge in [0.2, 0.25) is 0 Å². The van der Waals surface area contributed by atoms with Gasteiger partial charge in [-0.05, 0) is 56.0 Å². The van der Waals surface area contributed by atoms with Crippen LogP contribution in [0.1, 0.15) is 51.8 Å². The zero-order valence-corrected chi connectivity index (χ0v) is 18.8. The number of hydrogen-bond acceptors (Lipinski definition) is 5. The van der Waals surface area contributed by atoms with Gasteiger partial charge in [-0.3, -0.25) is 14.3 Å². The third kappa shape index (κ3) is 2.83. The fraction of sp³-hybridized carbons (Fsp3) is 0.789. The Bertz CT molecular complexity index is 904. The molecule has 6 nitrogen and oxygen atoms in total. The lowest BCUT2D eigenvalue weighted by Gasteiger charge is -2.41. The summed E-state index contributed by atoms with van der Waals surface area (Å²) < 4.78 is 15.3. The van der Waals surface area contributed by atoms with Crippen LogP contribution in [-0.4, -0.2) is 40.3 Å². The number of nitrogens with zero attached hydrogens (tertiary/aromatic N) is 1. The molecule has 1 aromatic heterocycles. The molecule has 0 bridgehead atoms. The molecule has 8 heteroatoms. The van der Waals surface area contributed by atoms with Crippen molar-refractivity contribution in [3.05, 3.63) is 26.9 Å². The van der Waals surface area contributed by atoms with Gasteiger partial charge in [-0.1, -0.05) is 20.8 Å². The molecule has 0 radical (unpaired) electrons. The molecule has 5 atom stereocenters. The van der Waals surface area contributed by atoms with Crippen LogP contribution in [0, 0.1) is 17.6 Å². The summed E-state index contributed by atoms with van der Waals surface area (Å²) in [6.45, 7) is 12.9. The van der Waals surface area contributed by atoms with E-state index in [1.807, 2.05) is 0 Å². The number of hydrogen-bond donors (Lipinski definition) is 2. The van der Waals surface area contributed by atoms with Gasteiger partial charge < -0.3 is 14.3 Å². The highest BCUT2D eigenvalue weighted by atomic mass is 32.1. The minimum Gasteiger partial charge on any atom is -0.408 e. The van der Waals surface area contributed by atoms with Crippen LogP contribution in [0.15, 0.2) is 11.0 Å². The predicted molar refractivity (Wildman–Crippen MR) is 108 cm³/mol. The number of rotatable bonds is 3. The second-order valence-electron chi connectivity index (χ2n) is 10.2. The van der Waals surface area contributed by atoms with Crippen molar-refractivity contribution >= 4 is 20.5 Å². The average molecular weight is 411 g/mol. The minimum absolute atomic E-state index is 0.103. The Kier molecular flexibility index (Phi) is 4.07. The van der Waals surface area contributed by atoms with Gasteiger partial charge in [0.05, 0.1) is 11.2 Å². The van der Waals surface area contributed by atoms with E-state index in [-0.39, 0.29) is 28.5 Å². The molecule has 0 amide bonds. The van der Waals surface area contributed by atoms with Gasteiger partial charge in [-0.2, -0.15) is 0 Å². The fourth-order valence-corrected chi connectivity index (χ4v) is 6.47. The summed E-state index contributed by atoms with van der Waals surface area (Å²) in [5, 5.41) is 11.4. The number of fused-ring (bicyclic) bond motifs is 3. The lowest BCUT2D eigenvalue weighted by Crippen LogP contribution is -2.51. The van der Waals surface area contributed by atoms with Crippen molar-refractivity contribution in [2.45, 2.75) is 88.6 Å². The van der Waals surface area contributed by atoms with Crippen LogP contribution < -0.4 is 5.56 Å². The summed E-state index contributed by atoms with van der Waals surface area (Å²) in [4.78, 5) is 14.5. The van der Waals surface area contributed by atoms with Gasteiger partial charge in [-0.15, -0.1) is 0 Å². The Labute approximate surface area is 166 Å². The molecule has 2 saturated carbocycles. The molecule has 0 aromatic carbocycles. The fourth-order valence-electron chi connectivity index (χ4n) is 4.59. The Balaban J connectivity index is 1.64. The third-order valence-corrected chi connectivity index (χ3v) is 12.0. The molecule has 150 valence electrons. The van der Waals surface area contributed by atoms with Crippen LogP contribution in [0.2, 0.25) is 18.1 Å². The van der Waals surface area contributed by atoms with Crippen LogP contribution in [-0.2, 0) is 9.16 Å². The minimum atomic E-state index is -1.99.